The minimum absolute atomic E-state index is 0.116. The standard InChI is InChI=1S/C28H28ClNO2/c29-22-17-15-21(16-18-22)26-27(30(26)23-11-5-2-6-12-23)28(31)24-13-7-8-14-25(24)32-19-20-9-3-1-4-10-20/h1,3-4,7-10,13-18,23,26-27H,2,5-6,11-12,19H2. The normalized spacial score (nSPS) is 23.0. The van der Waals surface area contributed by atoms with Gasteiger partial charge in [-0.3, -0.25) is 9.69 Å². The van der Waals surface area contributed by atoms with Crippen molar-refractivity contribution in [3.63, 3.8) is 0 Å². The third-order valence-electron chi connectivity index (χ3n) is 6.72. The summed E-state index contributed by atoms with van der Waals surface area (Å²) in [6.45, 7) is 0.447. The molecule has 1 saturated carbocycles. The lowest BCUT2D eigenvalue weighted by atomic mass is 9.95. The molecule has 3 aromatic carbocycles. The van der Waals surface area contributed by atoms with Crippen LogP contribution < -0.4 is 4.74 Å². The second-order valence-electron chi connectivity index (χ2n) is 8.81. The third-order valence-corrected chi connectivity index (χ3v) is 6.97. The number of hydrogen-bond donors (Lipinski definition) is 0. The van der Waals surface area contributed by atoms with E-state index >= 15 is 0 Å². The molecule has 1 heterocycles. The van der Waals surface area contributed by atoms with Gasteiger partial charge >= 0.3 is 0 Å². The van der Waals surface area contributed by atoms with Gasteiger partial charge in [0, 0.05) is 11.1 Å². The molecule has 1 aliphatic carbocycles. The average Bonchev–Trinajstić information content (AvgIpc) is 3.60. The van der Waals surface area contributed by atoms with Gasteiger partial charge in [0.25, 0.3) is 0 Å². The predicted molar refractivity (Wildman–Crippen MR) is 128 cm³/mol. The summed E-state index contributed by atoms with van der Waals surface area (Å²) in [6.07, 6.45) is 6.11. The molecule has 0 radical (unpaired) electrons. The quantitative estimate of drug-likeness (QED) is 0.294. The lowest BCUT2D eigenvalue weighted by molar-refractivity contribution is 0.0958. The van der Waals surface area contributed by atoms with Crippen molar-refractivity contribution in [1.29, 1.82) is 0 Å². The number of Topliss-reactive ketones (excluding diaryl/α,β-unsaturated/α-hetero) is 1. The first-order chi connectivity index (χ1) is 15.7. The van der Waals surface area contributed by atoms with E-state index in [1.165, 1.54) is 37.7 Å². The van der Waals surface area contributed by atoms with E-state index in [1.54, 1.807) is 0 Å². The van der Waals surface area contributed by atoms with E-state index in [0.29, 0.717) is 24.0 Å². The Morgan fingerprint density at radius 2 is 1.56 bits per heavy atom. The van der Waals surface area contributed by atoms with Crippen molar-refractivity contribution in [3.8, 4) is 5.75 Å². The summed E-state index contributed by atoms with van der Waals surface area (Å²) in [5.41, 5.74) is 2.93. The van der Waals surface area contributed by atoms with Gasteiger partial charge in [-0.1, -0.05) is 85.5 Å². The van der Waals surface area contributed by atoms with Crippen LogP contribution in [-0.4, -0.2) is 22.8 Å². The molecule has 4 heteroatoms. The number of rotatable bonds is 7. The first kappa shape index (κ1) is 21.2. The Labute approximate surface area is 195 Å². The molecule has 0 amide bonds. The number of halogens is 1. The zero-order chi connectivity index (χ0) is 21.9. The molecule has 164 valence electrons. The van der Waals surface area contributed by atoms with Crippen LogP contribution in [0.2, 0.25) is 5.02 Å². The number of hydrogen-bond acceptors (Lipinski definition) is 3. The topological polar surface area (TPSA) is 29.3 Å². The fourth-order valence-electron chi connectivity index (χ4n) is 5.07. The summed E-state index contributed by atoms with van der Waals surface area (Å²) in [5.74, 6) is 0.811. The SMILES string of the molecule is O=C(c1ccccc1OCc1ccccc1)C1C(c2ccc(Cl)cc2)N1C1CCCCC1. The van der Waals surface area contributed by atoms with Gasteiger partial charge in [0.15, 0.2) is 5.78 Å². The van der Waals surface area contributed by atoms with Gasteiger partial charge in [0.1, 0.15) is 12.4 Å². The summed E-state index contributed by atoms with van der Waals surface area (Å²) in [7, 11) is 0. The molecule has 3 unspecified atom stereocenters. The van der Waals surface area contributed by atoms with Gasteiger partial charge in [-0.25, -0.2) is 0 Å². The Hall–Kier alpha value is -2.62. The van der Waals surface area contributed by atoms with E-state index in [-0.39, 0.29) is 17.9 Å². The van der Waals surface area contributed by atoms with E-state index in [2.05, 4.69) is 17.0 Å². The van der Waals surface area contributed by atoms with Crippen LogP contribution >= 0.6 is 11.6 Å². The number of nitrogens with zero attached hydrogens (tertiary/aromatic N) is 1. The molecule has 3 atom stereocenters. The van der Waals surface area contributed by atoms with Crippen molar-refractivity contribution in [2.24, 2.45) is 0 Å². The van der Waals surface area contributed by atoms with Gasteiger partial charge in [0.2, 0.25) is 0 Å². The second kappa shape index (κ2) is 9.48. The molecule has 0 bridgehead atoms. The lowest BCUT2D eigenvalue weighted by Crippen LogP contribution is -2.26. The maximum absolute atomic E-state index is 13.8. The smallest absolute Gasteiger partial charge is 0.185 e. The van der Waals surface area contributed by atoms with Crippen molar-refractivity contribution in [1.82, 2.24) is 4.90 Å². The molecular weight excluding hydrogens is 418 g/mol. The molecule has 2 fully saturated rings. The van der Waals surface area contributed by atoms with Crippen LogP contribution in [0.15, 0.2) is 78.9 Å². The number of ether oxygens (including phenoxy) is 1. The Morgan fingerprint density at radius 1 is 0.875 bits per heavy atom. The zero-order valence-electron chi connectivity index (χ0n) is 18.1. The summed E-state index contributed by atoms with van der Waals surface area (Å²) in [4.78, 5) is 16.2. The van der Waals surface area contributed by atoms with Crippen molar-refractivity contribution >= 4 is 17.4 Å². The highest BCUT2D eigenvalue weighted by atomic mass is 35.5. The van der Waals surface area contributed by atoms with Crippen LogP contribution in [0.4, 0.5) is 0 Å². The largest absolute Gasteiger partial charge is 0.488 e. The fraction of sp³-hybridized carbons (Fsp3) is 0.321. The highest BCUT2D eigenvalue weighted by Gasteiger charge is 2.56. The van der Waals surface area contributed by atoms with Crippen molar-refractivity contribution < 1.29 is 9.53 Å². The molecule has 3 nitrogen and oxygen atoms in total. The van der Waals surface area contributed by atoms with Gasteiger partial charge in [-0.15, -0.1) is 0 Å². The highest BCUT2D eigenvalue weighted by molar-refractivity contribution is 6.30. The Balaban J connectivity index is 1.40. The van der Waals surface area contributed by atoms with Gasteiger partial charge < -0.3 is 4.74 Å². The summed E-state index contributed by atoms with van der Waals surface area (Å²) >= 11 is 6.13. The molecule has 0 N–H and O–H groups in total. The maximum Gasteiger partial charge on any atom is 0.185 e. The number of benzene rings is 3. The van der Waals surface area contributed by atoms with E-state index in [0.717, 1.165) is 10.6 Å². The molecule has 3 aromatic rings. The van der Waals surface area contributed by atoms with E-state index in [4.69, 9.17) is 16.3 Å². The molecular formula is C28H28ClNO2. The maximum atomic E-state index is 13.8. The Morgan fingerprint density at radius 3 is 2.31 bits per heavy atom. The van der Waals surface area contributed by atoms with Crippen molar-refractivity contribution in [2.75, 3.05) is 0 Å². The first-order valence-electron chi connectivity index (χ1n) is 11.6. The molecule has 32 heavy (non-hydrogen) atoms. The number of ketones is 1. The minimum Gasteiger partial charge on any atom is -0.488 e. The van der Waals surface area contributed by atoms with Gasteiger partial charge in [0.05, 0.1) is 17.6 Å². The van der Waals surface area contributed by atoms with Crippen LogP contribution in [0.3, 0.4) is 0 Å². The number of carbonyl (C=O) groups is 1. The summed E-state index contributed by atoms with van der Waals surface area (Å²) in [6, 6.07) is 26.1. The molecule has 1 saturated heterocycles. The lowest BCUT2D eigenvalue weighted by Gasteiger charge is -2.24. The van der Waals surface area contributed by atoms with Crippen LogP contribution in [-0.2, 0) is 6.61 Å². The molecule has 1 aliphatic heterocycles. The van der Waals surface area contributed by atoms with Crippen molar-refractivity contribution in [3.05, 3.63) is 101 Å². The Kier molecular flexibility index (Phi) is 6.29. The van der Waals surface area contributed by atoms with Gasteiger partial charge in [-0.2, -0.15) is 0 Å². The van der Waals surface area contributed by atoms with E-state index in [9.17, 15) is 4.79 Å². The first-order valence-corrected chi connectivity index (χ1v) is 11.9. The second-order valence-corrected chi connectivity index (χ2v) is 9.25. The monoisotopic (exact) mass is 445 g/mol. The van der Waals surface area contributed by atoms with Crippen molar-refractivity contribution in [2.45, 2.75) is 56.8 Å². The van der Waals surface area contributed by atoms with Crippen LogP contribution in [0.25, 0.3) is 0 Å². The Bertz CT molecular complexity index is 1060. The predicted octanol–water partition coefficient (Wildman–Crippen LogP) is 6.86. The number of para-hydroxylation sites is 1. The molecule has 5 rings (SSSR count). The highest BCUT2D eigenvalue weighted by Crippen LogP contribution is 2.50. The summed E-state index contributed by atoms with van der Waals surface area (Å²) < 4.78 is 6.10. The molecule has 2 aliphatic rings. The zero-order valence-corrected chi connectivity index (χ0v) is 18.9. The van der Waals surface area contributed by atoms with E-state index < -0.39 is 0 Å². The summed E-state index contributed by atoms with van der Waals surface area (Å²) in [5, 5.41) is 0.723. The average molecular weight is 446 g/mol. The minimum atomic E-state index is -0.138. The third kappa shape index (κ3) is 4.46. The van der Waals surface area contributed by atoms with E-state index in [1.807, 2.05) is 66.7 Å². The molecule has 0 spiro atoms. The van der Waals surface area contributed by atoms with Gasteiger partial charge in [-0.05, 0) is 48.2 Å². The fourth-order valence-corrected chi connectivity index (χ4v) is 5.19. The number of carbonyl (C=O) groups excluding carboxylic acids is 1. The van der Waals surface area contributed by atoms with Crippen LogP contribution in [0.1, 0.15) is 59.6 Å². The van der Waals surface area contributed by atoms with Crippen LogP contribution in [0, 0.1) is 0 Å². The van der Waals surface area contributed by atoms with Crippen LogP contribution in [0.5, 0.6) is 5.75 Å². The molecule has 0 aromatic heterocycles.